The number of hydrogen-bond acceptors (Lipinski definition) is 3. The Balaban J connectivity index is 2.87. The monoisotopic (exact) mass is 255 g/mol. The Morgan fingerprint density at radius 1 is 1.29 bits per heavy atom. The first-order chi connectivity index (χ1) is 7.75. The number of amides is 1. The van der Waals surface area contributed by atoms with Crippen LogP contribution in [0, 0.1) is 0 Å². The molecule has 0 aromatic rings. The van der Waals surface area contributed by atoms with Gasteiger partial charge >= 0.3 is 18.1 Å². The van der Waals surface area contributed by atoms with Gasteiger partial charge in [-0.15, -0.1) is 0 Å². The van der Waals surface area contributed by atoms with Gasteiger partial charge in [-0.2, -0.15) is 13.2 Å². The minimum atomic E-state index is -5.05. The Morgan fingerprint density at radius 3 is 2.35 bits per heavy atom. The summed E-state index contributed by atoms with van der Waals surface area (Å²) in [5, 5.41) is 17.8. The van der Waals surface area contributed by atoms with Gasteiger partial charge in [0.1, 0.15) is 0 Å². The van der Waals surface area contributed by atoms with Gasteiger partial charge in [-0.1, -0.05) is 0 Å². The third-order valence-electron chi connectivity index (χ3n) is 2.67. The molecule has 8 heteroatoms. The van der Waals surface area contributed by atoms with E-state index >= 15 is 0 Å². The van der Waals surface area contributed by atoms with Crippen LogP contribution in [0.4, 0.5) is 13.2 Å². The van der Waals surface area contributed by atoms with Crippen LogP contribution >= 0.6 is 0 Å². The lowest BCUT2D eigenvalue weighted by Gasteiger charge is -2.37. The molecule has 1 rings (SSSR count). The number of nitrogens with zero attached hydrogens (tertiary/aromatic N) is 1. The molecule has 1 fully saturated rings. The summed E-state index contributed by atoms with van der Waals surface area (Å²) in [5.74, 6) is -3.72. The van der Waals surface area contributed by atoms with Crippen LogP contribution in [0.15, 0.2) is 0 Å². The second-order valence-electron chi connectivity index (χ2n) is 3.84. The molecule has 2 unspecified atom stereocenters. The van der Waals surface area contributed by atoms with Gasteiger partial charge in [0, 0.05) is 6.54 Å². The molecule has 1 amide bonds. The summed E-state index contributed by atoms with van der Waals surface area (Å²) in [6.07, 6.45) is -6.13. The number of carbonyl (C=O) groups is 2. The summed E-state index contributed by atoms with van der Waals surface area (Å²) in [4.78, 5) is 22.0. The van der Waals surface area contributed by atoms with E-state index in [9.17, 15) is 27.9 Å². The van der Waals surface area contributed by atoms with Crippen LogP contribution in [0.1, 0.15) is 19.3 Å². The molecule has 17 heavy (non-hydrogen) atoms. The van der Waals surface area contributed by atoms with Crippen LogP contribution in [-0.2, 0) is 9.59 Å². The maximum absolute atomic E-state index is 12.3. The normalized spacial score (nSPS) is 23.3. The Kier molecular flexibility index (Phi) is 3.97. The average Bonchev–Trinajstić information content (AvgIpc) is 2.25. The Labute approximate surface area is 94.8 Å². The first-order valence-corrected chi connectivity index (χ1v) is 5.04. The summed E-state index contributed by atoms with van der Waals surface area (Å²) in [6.45, 7) is -0.187. The molecule has 0 saturated carbocycles. The zero-order valence-electron chi connectivity index (χ0n) is 8.78. The maximum Gasteiger partial charge on any atom is 0.471 e. The fraction of sp³-hybridized carbons (Fsp3) is 0.778. The highest BCUT2D eigenvalue weighted by Crippen LogP contribution is 2.26. The molecule has 1 saturated heterocycles. The molecule has 1 heterocycles. The number of aliphatic carboxylic acids is 1. The minimum absolute atomic E-state index is 0.0509. The molecule has 5 nitrogen and oxygen atoms in total. The Bertz CT molecular complexity index is 318. The fourth-order valence-corrected chi connectivity index (χ4v) is 1.87. The van der Waals surface area contributed by atoms with Crippen molar-refractivity contribution < 1.29 is 33.0 Å². The van der Waals surface area contributed by atoms with Gasteiger partial charge in [0.2, 0.25) is 0 Å². The summed E-state index contributed by atoms with van der Waals surface area (Å²) in [7, 11) is 0. The van der Waals surface area contributed by atoms with Crippen molar-refractivity contribution in [1.82, 2.24) is 4.90 Å². The topological polar surface area (TPSA) is 77.8 Å². The van der Waals surface area contributed by atoms with Gasteiger partial charge in [-0.05, 0) is 19.3 Å². The predicted octanol–water partition coefficient (Wildman–Crippen LogP) is 0.375. The molecular formula is C9H12F3NO4. The molecule has 0 radical (unpaired) electrons. The fourth-order valence-electron chi connectivity index (χ4n) is 1.87. The van der Waals surface area contributed by atoms with Crippen LogP contribution in [0.5, 0.6) is 0 Å². The van der Waals surface area contributed by atoms with Gasteiger partial charge in [-0.25, -0.2) is 4.79 Å². The first-order valence-electron chi connectivity index (χ1n) is 5.04. The third-order valence-corrected chi connectivity index (χ3v) is 2.67. The van der Waals surface area contributed by atoms with Crippen LogP contribution in [-0.4, -0.2) is 51.9 Å². The Hall–Kier alpha value is -1.31. The number of hydrogen-bond donors (Lipinski definition) is 2. The molecule has 0 aromatic heterocycles. The van der Waals surface area contributed by atoms with Crippen LogP contribution in [0.2, 0.25) is 0 Å². The van der Waals surface area contributed by atoms with E-state index in [1.807, 2.05) is 0 Å². The lowest BCUT2D eigenvalue weighted by molar-refractivity contribution is -0.192. The number of likely N-dealkylation sites (tertiary alicyclic amines) is 1. The first kappa shape index (κ1) is 13.8. The van der Waals surface area contributed by atoms with Crippen LogP contribution in [0.25, 0.3) is 0 Å². The highest BCUT2D eigenvalue weighted by atomic mass is 19.4. The number of carbonyl (C=O) groups excluding carboxylic acids is 1. The maximum atomic E-state index is 12.3. The molecule has 0 aliphatic carbocycles. The van der Waals surface area contributed by atoms with E-state index in [0.29, 0.717) is 17.7 Å². The molecule has 2 N–H and O–H groups in total. The van der Waals surface area contributed by atoms with E-state index in [2.05, 4.69) is 0 Å². The van der Waals surface area contributed by atoms with E-state index in [1.165, 1.54) is 0 Å². The van der Waals surface area contributed by atoms with E-state index in [0.717, 1.165) is 0 Å². The second kappa shape index (κ2) is 4.91. The molecule has 1 aliphatic heterocycles. The number of rotatable bonds is 2. The number of carboxylic acid groups (broad SMARTS) is 1. The summed E-state index contributed by atoms with van der Waals surface area (Å²) in [5.41, 5.74) is 0. The van der Waals surface area contributed by atoms with Crippen molar-refractivity contribution in [3.05, 3.63) is 0 Å². The summed E-state index contributed by atoms with van der Waals surface area (Å²) < 4.78 is 36.8. The van der Waals surface area contributed by atoms with Crippen molar-refractivity contribution in [2.75, 3.05) is 6.54 Å². The van der Waals surface area contributed by atoms with E-state index < -0.39 is 30.2 Å². The number of alkyl halides is 3. The lowest BCUT2D eigenvalue weighted by Crippen LogP contribution is -2.55. The van der Waals surface area contributed by atoms with Crippen LogP contribution < -0.4 is 0 Å². The van der Waals surface area contributed by atoms with Gasteiger partial charge in [0.25, 0.3) is 0 Å². The molecule has 1 aliphatic rings. The van der Waals surface area contributed by atoms with Gasteiger partial charge in [-0.3, -0.25) is 4.79 Å². The molecular weight excluding hydrogens is 243 g/mol. The van der Waals surface area contributed by atoms with Crippen molar-refractivity contribution in [3.8, 4) is 0 Å². The summed E-state index contributed by atoms with van der Waals surface area (Å²) in [6, 6.07) is -1.31. The molecule has 0 bridgehead atoms. The quantitative estimate of drug-likeness (QED) is 0.747. The highest BCUT2D eigenvalue weighted by Gasteiger charge is 2.47. The van der Waals surface area contributed by atoms with Gasteiger partial charge in [0.15, 0.2) is 6.10 Å². The number of carboxylic acids is 1. The van der Waals surface area contributed by atoms with E-state index in [1.54, 1.807) is 0 Å². The molecule has 2 atom stereocenters. The summed E-state index contributed by atoms with van der Waals surface area (Å²) >= 11 is 0. The van der Waals surface area contributed by atoms with E-state index in [-0.39, 0.29) is 13.0 Å². The number of piperidine rings is 1. The number of aliphatic hydroxyl groups is 1. The molecule has 98 valence electrons. The van der Waals surface area contributed by atoms with Crippen LogP contribution in [0.3, 0.4) is 0 Å². The SMILES string of the molecule is O=C(O)C(O)C1CCCCN1C(=O)C(F)(F)F. The average molecular weight is 255 g/mol. The highest BCUT2D eigenvalue weighted by molar-refractivity contribution is 5.83. The van der Waals surface area contributed by atoms with Gasteiger partial charge < -0.3 is 15.1 Å². The van der Waals surface area contributed by atoms with Crippen molar-refractivity contribution in [2.24, 2.45) is 0 Å². The standard InChI is InChI=1S/C9H12F3NO4/c10-9(11,12)8(17)13-4-2-1-3-5(13)6(14)7(15)16/h5-6,14H,1-4H2,(H,15,16). The zero-order valence-corrected chi connectivity index (χ0v) is 8.78. The molecule has 0 aromatic carbocycles. The third kappa shape index (κ3) is 3.09. The molecule has 0 spiro atoms. The van der Waals surface area contributed by atoms with Crippen molar-refractivity contribution in [3.63, 3.8) is 0 Å². The lowest BCUT2D eigenvalue weighted by atomic mass is 9.97. The van der Waals surface area contributed by atoms with E-state index in [4.69, 9.17) is 5.11 Å². The second-order valence-corrected chi connectivity index (χ2v) is 3.84. The van der Waals surface area contributed by atoms with Crippen molar-refractivity contribution in [2.45, 2.75) is 37.6 Å². The number of aliphatic hydroxyl groups excluding tert-OH is 1. The van der Waals surface area contributed by atoms with Crippen molar-refractivity contribution in [1.29, 1.82) is 0 Å². The van der Waals surface area contributed by atoms with Gasteiger partial charge in [0.05, 0.1) is 6.04 Å². The largest absolute Gasteiger partial charge is 0.479 e. The van der Waals surface area contributed by atoms with Crippen molar-refractivity contribution >= 4 is 11.9 Å². The zero-order chi connectivity index (χ0) is 13.2. The smallest absolute Gasteiger partial charge is 0.471 e. The Morgan fingerprint density at radius 2 is 1.88 bits per heavy atom. The number of halogens is 3. The predicted molar refractivity (Wildman–Crippen MR) is 49.0 cm³/mol. The minimum Gasteiger partial charge on any atom is -0.479 e.